The number of allylic oxidation sites excluding steroid dienone is 1. The van der Waals surface area contributed by atoms with Crippen LogP contribution in [-0.4, -0.2) is 41.3 Å². The number of anilines is 1. The van der Waals surface area contributed by atoms with Crippen LogP contribution in [0.15, 0.2) is 36.7 Å². The molecule has 2 aliphatic rings. The van der Waals surface area contributed by atoms with Crippen molar-refractivity contribution in [3.63, 3.8) is 0 Å². The summed E-state index contributed by atoms with van der Waals surface area (Å²) in [6.45, 7) is 5.46. The zero-order valence-corrected chi connectivity index (χ0v) is 15.7. The van der Waals surface area contributed by atoms with E-state index in [1.807, 2.05) is 41.9 Å². The third-order valence-corrected chi connectivity index (χ3v) is 5.50. The predicted molar refractivity (Wildman–Crippen MR) is 108 cm³/mol. The maximum atomic E-state index is 14.9. The molecule has 1 saturated heterocycles. The van der Waals surface area contributed by atoms with Gasteiger partial charge in [-0.15, -0.1) is 0 Å². The summed E-state index contributed by atoms with van der Waals surface area (Å²) in [4.78, 5) is 19.6. The van der Waals surface area contributed by atoms with E-state index in [-0.39, 0.29) is 18.0 Å². The van der Waals surface area contributed by atoms with Crippen molar-refractivity contribution in [2.75, 3.05) is 31.1 Å². The monoisotopic (exact) mass is 376 g/mol. The number of pyridine rings is 1. The molecular formula is C22H21FN4O. The van der Waals surface area contributed by atoms with E-state index in [0.717, 1.165) is 48.6 Å². The molecule has 5 nitrogen and oxygen atoms in total. The van der Waals surface area contributed by atoms with Gasteiger partial charge in [0, 0.05) is 61.8 Å². The van der Waals surface area contributed by atoms with E-state index in [1.165, 1.54) is 0 Å². The van der Waals surface area contributed by atoms with Crippen molar-refractivity contribution in [1.82, 2.24) is 14.7 Å². The van der Waals surface area contributed by atoms with Gasteiger partial charge in [0.25, 0.3) is 0 Å². The van der Waals surface area contributed by atoms with Crippen molar-refractivity contribution in [1.29, 1.82) is 0 Å². The largest absolute Gasteiger partial charge is 0.369 e. The van der Waals surface area contributed by atoms with Crippen LogP contribution < -0.4 is 10.2 Å². The maximum absolute atomic E-state index is 14.9. The zero-order chi connectivity index (χ0) is 19.3. The highest BCUT2D eigenvalue weighted by Gasteiger charge is 2.25. The summed E-state index contributed by atoms with van der Waals surface area (Å²) < 4.78 is 16.8. The smallest absolute Gasteiger partial charge is 0.169 e. The van der Waals surface area contributed by atoms with E-state index in [0.29, 0.717) is 16.8 Å². The number of carbonyl (C=O) groups excluding carboxylic acids is 1. The highest BCUT2D eigenvalue weighted by molar-refractivity contribution is 6.27. The van der Waals surface area contributed by atoms with E-state index in [2.05, 4.69) is 15.2 Å². The van der Waals surface area contributed by atoms with E-state index < -0.39 is 0 Å². The Balaban J connectivity index is 1.56. The molecule has 3 aromatic rings. The van der Waals surface area contributed by atoms with Crippen molar-refractivity contribution in [2.45, 2.75) is 13.3 Å². The van der Waals surface area contributed by atoms with Gasteiger partial charge in [-0.2, -0.15) is 0 Å². The molecule has 3 heterocycles. The average Bonchev–Trinajstić information content (AvgIpc) is 3.11. The molecule has 1 aliphatic carbocycles. The number of halogens is 1. The summed E-state index contributed by atoms with van der Waals surface area (Å²) in [5.41, 5.74) is 5.05. The molecule has 1 aromatic carbocycles. The lowest BCUT2D eigenvalue weighted by atomic mass is 9.89. The van der Waals surface area contributed by atoms with Crippen LogP contribution in [0.3, 0.4) is 0 Å². The number of nitrogens with zero attached hydrogens (tertiary/aromatic N) is 3. The lowest BCUT2D eigenvalue weighted by Crippen LogP contribution is -2.43. The second-order valence-electron chi connectivity index (χ2n) is 7.49. The zero-order valence-electron chi connectivity index (χ0n) is 15.7. The highest BCUT2D eigenvalue weighted by Crippen LogP contribution is 2.32. The fourth-order valence-corrected chi connectivity index (χ4v) is 4.02. The van der Waals surface area contributed by atoms with Crippen molar-refractivity contribution in [2.24, 2.45) is 0 Å². The number of Topliss-reactive ketones (excluding diaryl/α,β-unsaturated/α-hetero) is 1. The van der Waals surface area contributed by atoms with Gasteiger partial charge >= 0.3 is 0 Å². The minimum absolute atomic E-state index is 0.0236. The number of piperazine rings is 1. The molecule has 0 spiro atoms. The Kier molecular flexibility index (Phi) is 4.02. The van der Waals surface area contributed by atoms with Crippen LogP contribution in [0.25, 0.3) is 17.3 Å². The Morgan fingerprint density at radius 1 is 1.14 bits per heavy atom. The SMILES string of the molecule is Cc1ccc2nc(C3=Cc4c(F)cc(N5CCNCC5)cc4CC3=O)cn2c1. The van der Waals surface area contributed by atoms with Crippen LogP contribution in [-0.2, 0) is 11.2 Å². The van der Waals surface area contributed by atoms with Crippen LogP contribution >= 0.6 is 0 Å². The lowest BCUT2D eigenvalue weighted by Gasteiger charge is -2.30. The van der Waals surface area contributed by atoms with E-state index in [4.69, 9.17) is 0 Å². The summed E-state index contributed by atoms with van der Waals surface area (Å²) in [5.74, 6) is -0.305. The van der Waals surface area contributed by atoms with Gasteiger partial charge in [-0.25, -0.2) is 9.37 Å². The molecule has 0 saturated carbocycles. The number of benzene rings is 1. The summed E-state index contributed by atoms with van der Waals surface area (Å²) >= 11 is 0. The molecule has 1 aliphatic heterocycles. The molecular weight excluding hydrogens is 355 g/mol. The highest BCUT2D eigenvalue weighted by atomic mass is 19.1. The van der Waals surface area contributed by atoms with Gasteiger partial charge in [-0.1, -0.05) is 6.07 Å². The number of imidazole rings is 1. The number of rotatable bonds is 2. The fourth-order valence-electron chi connectivity index (χ4n) is 4.02. The molecule has 0 atom stereocenters. The third-order valence-electron chi connectivity index (χ3n) is 5.50. The Labute approximate surface area is 162 Å². The van der Waals surface area contributed by atoms with Gasteiger partial charge < -0.3 is 14.6 Å². The number of ketones is 1. The van der Waals surface area contributed by atoms with Gasteiger partial charge in [-0.3, -0.25) is 4.79 Å². The van der Waals surface area contributed by atoms with Crippen LogP contribution in [0.1, 0.15) is 22.4 Å². The first-order valence-corrected chi connectivity index (χ1v) is 9.57. The first kappa shape index (κ1) is 17.1. The Morgan fingerprint density at radius 2 is 1.96 bits per heavy atom. The number of aryl methyl sites for hydroxylation is 1. The number of nitrogens with one attached hydrogen (secondary N) is 1. The minimum Gasteiger partial charge on any atom is -0.369 e. The Bertz CT molecular complexity index is 1130. The van der Waals surface area contributed by atoms with Crippen molar-refractivity contribution in [3.05, 3.63) is 64.9 Å². The topological polar surface area (TPSA) is 49.6 Å². The lowest BCUT2D eigenvalue weighted by molar-refractivity contribution is -0.113. The van der Waals surface area contributed by atoms with Gasteiger partial charge in [0.2, 0.25) is 0 Å². The summed E-state index contributed by atoms with van der Waals surface area (Å²) in [7, 11) is 0. The van der Waals surface area contributed by atoms with Gasteiger partial charge in [0.05, 0.1) is 5.69 Å². The fraction of sp³-hybridized carbons (Fsp3) is 0.273. The summed E-state index contributed by atoms with van der Waals surface area (Å²) in [5, 5.41) is 3.30. The molecule has 5 rings (SSSR count). The molecule has 1 fully saturated rings. The summed E-state index contributed by atoms with van der Waals surface area (Å²) in [6.07, 6.45) is 5.66. The van der Waals surface area contributed by atoms with Crippen molar-refractivity contribution >= 4 is 28.8 Å². The number of hydrogen-bond donors (Lipinski definition) is 1. The van der Waals surface area contributed by atoms with E-state index in [9.17, 15) is 9.18 Å². The second kappa shape index (κ2) is 6.56. The van der Waals surface area contributed by atoms with Crippen LogP contribution in [0.4, 0.5) is 10.1 Å². The van der Waals surface area contributed by atoms with E-state index in [1.54, 1.807) is 12.1 Å². The normalized spacial score (nSPS) is 17.0. The number of hydrogen-bond acceptors (Lipinski definition) is 4. The predicted octanol–water partition coefficient (Wildman–Crippen LogP) is 2.86. The molecule has 0 amide bonds. The summed E-state index contributed by atoms with van der Waals surface area (Å²) in [6, 6.07) is 7.44. The molecule has 142 valence electrons. The molecule has 2 aromatic heterocycles. The van der Waals surface area contributed by atoms with Crippen LogP contribution in [0.5, 0.6) is 0 Å². The Morgan fingerprint density at radius 3 is 2.79 bits per heavy atom. The molecule has 6 heteroatoms. The molecule has 0 bridgehead atoms. The second-order valence-corrected chi connectivity index (χ2v) is 7.49. The quantitative estimate of drug-likeness (QED) is 0.747. The Hall–Kier alpha value is -2.99. The van der Waals surface area contributed by atoms with Crippen LogP contribution in [0.2, 0.25) is 0 Å². The van der Waals surface area contributed by atoms with Crippen LogP contribution in [0, 0.1) is 12.7 Å². The first-order valence-electron chi connectivity index (χ1n) is 9.57. The molecule has 1 N–H and O–H groups in total. The number of carbonyl (C=O) groups is 1. The molecule has 28 heavy (non-hydrogen) atoms. The standard InChI is InChI=1S/C22H21FN4O/c1-14-2-3-22-25-20(13-27(22)12-14)18-11-17-15(9-21(18)28)8-16(10-19(17)23)26-6-4-24-5-7-26/h2-3,8,10-13,24H,4-7,9H2,1H3. The van der Waals surface area contributed by atoms with Crippen molar-refractivity contribution < 1.29 is 9.18 Å². The molecule has 0 unspecified atom stereocenters. The maximum Gasteiger partial charge on any atom is 0.169 e. The number of aromatic nitrogens is 2. The third kappa shape index (κ3) is 2.90. The van der Waals surface area contributed by atoms with Gasteiger partial charge in [0.1, 0.15) is 11.5 Å². The van der Waals surface area contributed by atoms with Gasteiger partial charge in [0.15, 0.2) is 5.78 Å². The first-order chi connectivity index (χ1) is 13.6. The average molecular weight is 376 g/mol. The van der Waals surface area contributed by atoms with E-state index >= 15 is 0 Å². The minimum atomic E-state index is -0.282. The number of fused-ring (bicyclic) bond motifs is 2. The van der Waals surface area contributed by atoms with Gasteiger partial charge in [-0.05, 0) is 42.3 Å². The molecule has 0 radical (unpaired) electrons. The van der Waals surface area contributed by atoms with Crippen molar-refractivity contribution in [3.8, 4) is 0 Å².